The number of hydrogen-bond acceptors (Lipinski definition) is 6. The minimum absolute atomic E-state index is 0.244. The van der Waals surface area contributed by atoms with Crippen molar-refractivity contribution >= 4 is 50.2 Å². The van der Waals surface area contributed by atoms with E-state index in [4.69, 9.17) is 26.2 Å². The monoisotopic (exact) mass is 344 g/mol. The highest BCUT2D eigenvalue weighted by Gasteiger charge is 2.42. The summed E-state index contributed by atoms with van der Waals surface area (Å²) < 4.78 is 10.6. The second-order valence-electron chi connectivity index (χ2n) is 4.47. The number of anilines is 1. The van der Waals surface area contributed by atoms with Gasteiger partial charge in [0.2, 0.25) is 5.60 Å². The summed E-state index contributed by atoms with van der Waals surface area (Å²) in [6.45, 7) is 1.16. The Labute approximate surface area is 134 Å². The average molecular weight is 345 g/mol. The first-order valence-corrected chi connectivity index (χ1v) is 7.25. The summed E-state index contributed by atoms with van der Waals surface area (Å²) in [7, 11) is 2.64. The number of rotatable bonds is 5. The van der Waals surface area contributed by atoms with Crippen molar-refractivity contribution in [3.05, 3.63) is 17.2 Å². The molecule has 2 N–H and O–H groups in total. The summed E-state index contributed by atoms with van der Waals surface area (Å²) in [4.78, 5) is 27.4. The highest BCUT2D eigenvalue weighted by molar-refractivity contribution is 7.22. The Hall–Kier alpha value is -1.90. The van der Waals surface area contributed by atoms with Crippen LogP contribution in [0.4, 0.5) is 5.13 Å². The third-order valence-corrected chi connectivity index (χ3v) is 4.36. The van der Waals surface area contributed by atoms with E-state index in [0.29, 0.717) is 16.3 Å². The van der Waals surface area contributed by atoms with Gasteiger partial charge in [0.05, 0.1) is 22.3 Å². The predicted octanol–water partition coefficient (Wildman–Crippen LogP) is 2.39. The number of aliphatic carboxylic acids is 1. The van der Waals surface area contributed by atoms with Crippen LogP contribution in [-0.4, -0.2) is 41.8 Å². The van der Waals surface area contributed by atoms with Gasteiger partial charge in [-0.2, -0.15) is 0 Å². The molecule has 1 atom stereocenters. The van der Waals surface area contributed by atoms with Crippen LogP contribution in [0.25, 0.3) is 10.2 Å². The quantitative estimate of drug-likeness (QED) is 0.808. The molecule has 0 saturated heterocycles. The maximum Gasteiger partial charge on any atom is 0.345 e. The number of nitrogens with one attached hydrogen (secondary N) is 1. The lowest BCUT2D eigenvalue weighted by Gasteiger charge is -2.20. The van der Waals surface area contributed by atoms with E-state index in [2.05, 4.69) is 10.3 Å². The first-order chi connectivity index (χ1) is 10.3. The van der Waals surface area contributed by atoms with Crippen molar-refractivity contribution in [3.63, 3.8) is 0 Å². The Morgan fingerprint density at radius 1 is 1.41 bits per heavy atom. The van der Waals surface area contributed by atoms with Crippen LogP contribution in [0, 0.1) is 0 Å². The van der Waals surface area contributed by atoms with Crippen LogP contribution < -0.4 is 10.1 Å². The van der Waals surface area contributed by atoms with Crippen molar-refractivity contribution in [1.29, 1.82) is 0 Å². The standard InChI is InChI=1S/C13H13ClN2O5S/c1-13(21-3,11(18)19)10(17)16-12-15-7-4-6(14)8(20-2)5-9(7)22-12/h4-5H,1-3H3,(H,18,19)(H,15,16,17). The normalized spacial score (nSPS) is 13.6. The number of carbonyl (C=O) groups excluding carboxylic acids is 1. The lowest BCUT2D eigenvalue weighted by atomic mass is 10.1. The third-order valence-electron chi connectivity index (χ3n) is 3.13. The van der Waals surface area contributed by atoms with Gasteiger partial charge in [0, 0.05) is 13.2 Å². The highest BCUT2D eigenvalue weighted by atomic mass is 35.5. The van der Waals surface area contributed by atoms with Crippen LogP contribution in [-0.2, 0) is 14.3 Å². The highest BCUT2D eigenvalue weighted by Crippen LogP contribution is 2.34. The van der Waals surface area contributed by atoms with Crippen LogP contribution in [0.5, 0.6) is 5.75 Å². The molecule has 7 nitrogen and oxygen atoms in total. The van der Waals surface area contributed by atoms with Crippen molar-refractivity contribution in [1.82, 2.24) is 4.98 Å². The molecule has 0 bridgehead atoms. The number of amides is 1. The van der Waals surface area contributed by atoms with Gasteiger partial charge >= 0.3 is 5.97 Å². The third kappa shape index (κ3) is 2.85. The summed E-state index contributed by atoms with van der Waals surface area (Å²) in [5, 5.41) is 12.2. The van der Waals surface area contributed by atoms with E-state index < -0.39 is 17.5 Å². The number of halogens is 1. The second kappa shape index (κ2) is 6.07. The van der Waals surface area contributed by atoms with Gasteiger partial charge in [-0.1, -0.05) is 22.9 Å². The zero-order valence-corrected chi connectivity index (χ0v) is 13.5. The van der Waals surface area contributed by atoms with E-state index in [1.54, 1.807) is 12.1 Å². The van der Waals surface area contributed by atoms with Crippen LogP contribution in [0.3, 0.4) is 0 Å². The molecule has 1 aromatic carbocycles. The van der Waals surface area contributed by atoms with E-state index in [1.807, 2.05) is 0 Å². The predicted molar refractivity (Wildman–Crippen MR) is 82.9 cm³/mol. The molecule has 1 aromatic heterocycles. The first-order valence-electron chi connectivity index (χ1n) is 6.06. The molecule has 2 aromatic rings. The first kappa shape index (κ1) is 16.5. The second-order valence-corrected chi connectivity index (χ2v) is 5.91. The van der Waals surface area contributed by atoms with Gasteiger partial charge in [-0.15, -0.1) is 0 Å². The number of hydrogen-bond donors (Lipinski definition) is 2. The molecule has 0 fully saturated rings. The van der Waals surface area contributed by atoms with Crippen molar-refractivity contribution in [2.45, 2.75) is 12.5 Å². The van der Waals surface area contributed by atoms with Gasteiger partial charge in [0.25, 0.3) is 5.91 Å². The minimum Gasteiger partial charge on any atom is -0.495 e. The summed E-state index contributed by atoms with van der Waals surface area (Å²) in [5.74, 6) is -1.72. The fourth-order valence-electron chi connectivity index (χ4n) is 1.63. The Morgan fingerprint density at radius 3 is 2.64 bits per heavy atom. The average Bonchev–Trinajstić information content (AvgIpc) is 2.85. The van der Waals surface area contributed by atoms with Crippen LogP contribution in [0.1, 0.15) is 6.92 Å². The zero-order valence-electron chi connectivity index (χ0n) is 12.0. The van der Waals surface area contributed by atoms with Crippen LogP contribution in [0.2, 0.25) is 5.02 Å². The molecule has 1 heterocycles. The molecule has 2 rings (SSSR count). The SMILES string of the molecule is COc1cc2sc(NC(=O)C(C)(OC)C(=O)O)nc2cc1Cl. The smallest absolute Gasteiger partial charge is 0.345 e. The Kier molecular flexibility index (Phi) is 4.55. The Balaban J connectivity index is 2.32. The maximum atomic E-state index is 12.1. The van der Waals surface area contributed by atoms with Gasteiger partial charge in [-0.3, -0.25) is 10.1 Å². The van der Waals surface area contributed by atoms with E-state index in [0.717, 1.165) is 18.7 Å². The molecule has 0 radical (unpaired) electrons. The number of ether oxygens (including phenoxy) is 2. The number of fused-ring (bicyclic) bond motifs is 1. The molecule has 0 aliphatic heterocycles. The van der Waals surface area contributed by atoms with Gasteiger partial charge in [0.15, 0.2) is 5.13 Å². The number of aromatic nitrogens is 1. The lowest BCUT2D eigenvalue weighted by Crippen LogP contribution is -2.48. The molecule has 0 aliphatic rings. The van der Waals surface area contributed by atoms with Crippen molar-refractivity contribution < 1.29 is 24.2 Å². The Bertz CT molecular complexity index is 747. The number of carbonyl (C=O) groups is 2. The Morgan fingerprint density at radius 2 is 2.09 bits per heavy atom. The van der Waals surface area contributed by atoms with Crippen LogP contribution in [0.15, 0.2) is 12.1 Å². The minimum atomic E-state index is -1.99. The van der Waals surface area contributed by atoms with Gasteiger partial charge < -0.3 is 14.6 Å². The molecule has 1 unspecified atom stereocenters. The summed E-state index contributed by atoms with van der Waals surface area (Å²) in [6.07, 6.45) is 0. The lowest BCUT2D eigenvalue weighted by molar-refractivity contribution is -0.165. The fraction of sp³-hybridized carbons (Fsp3) is 0.308. The van der Waals surface area contributed by atoms with Crippen molar-refractivity contribution in [3.8, 4) is 5.75 Å². The van der Waals surface area contributed by atoms with Gasteiger partial charge in [-0.05, 0) is 13.0 Å². The number of thiazole rings is 1. The molecule has 1 amide bonds. The summed E-state index contributed by atoms with van der Waals surface area (Å²) in [5.41, 5.74) is -1.42. The van der Waals surface area contributed by atoms with Gasteiger partial charge in [0.1, 0.15) is 5.75 Å². The summed E-state index contributed by atoms with van der Waals surface area (Å²) in [6, 6.07) is 3.30. The number of carboxylic acids is 1. The molecule has 9 heteroatoms. The van der Waals surface area contributed by atoms with Crippen LogP contribution >= 0.6 is 22.9 Å². The van der Waals surface area contributed by atoms with Crippen molar-refractivity contribution in [2.75, 3.05) is 19.5 Å². The molecule has 0 aliphatic carbocycles. The largest absolute Gasteiger partial charge is 0.495 e. The molecule has 22 heavy (non-hydrogen) atoms. The number of methoxy groups -OCH3 is 2. The number of nitrogens with zero attached hydrogens (tertiary/aromatic N) is 1. The van der Waals surface area contributed by atoms with E-state index in [9.17, 15) is 9.59 Å². The maximum absolute atomic E-state index is 12.1. The molecular formula is C13H13ClN2O5S. The summed E-state index contributed by atoms with van der Waals surface area (Å²) >= 11 is 7.18. The molecule has 118 valence electrons. The van der Waals surface area contributed by atoms with E-state index >= 15 is 0 Å². The molecular weight excluding hydrogens is 332 g/mol. The fourth-order valence-corrected chi connectivity index (χ4v) is 2.74. The zero-order chi connectivity index (χ0) is 16.5. The van der Waals surface area contributed by atoms with Gasteiger partial charge in [-0.25, -0.2) is 9.78 Å². The number of carboxylic acid groups (broad SMARTS) is 1. The van der Waals surface area contributed by atoms with E-state index in [1.165, 1.54) is 18.4 Å². The van der Waals surface area contributed by atoms with E-state index in [-0.39, 0.29) is 5.13 Å². The molecule has 0 spiro atoms. The van der Waals surface area contributed by atoms with Crippen molar-refractivity contribution in [2.24, 2.45) is 0 Å². The number of benzene rings is 1. The topological polar surface area (TPSA) is 97.8 Å². The molecule has 0 saturated carbocycles.